The Morgan fingerprint density at radius 1 is 1.00 bits per heavy atom. The van der Waals surface area contributed by atoms with Crippen molar-refractivity contribution < 1.29 is 4.79 Å². The smallest absolute Gasteiger partial charge is 0.315 e. The van der Waals surface area contributed by atoms with Gasteiger partial charge in [-0.3, -0.25) is 0 Å². The predicted octanol–water partition coefficient (Wildman–Crippen LogP) is 2.90. The summed E-state index contributed by atoms with van der Waals surface area (Å²) in [6, 6.07) is 14.4. The number of rotatable bonds is 10. The fraction of sp³-hybridized carbons (Fsp3) is 0.455. The molecule has 1 aromatic carbocycles. The lowest BCUT2D eigenvalue weighted by Crippen LogP contribution is -2.44. The SMILES string of the molecule is CCN(CC)c1ccc(CNC(=O)NCC(Cc2ccccc2)N(C)C)cn1. The Morgan fingerprint density at radius 3 is 2.29 bits per heavy atom. The summed E-state index contributed by atoms with van der Waals surface area (Å²) in [6.45, 7) is 7.14. The Hall–Kier alpha value is -2.60. The molecule has 0 saturated heterocycles. The van der Waals surface area contributed by atoms with Gasteiger partial charge in [-0.1, -0.05) is 36.4 Å². The maximum Gasteiger partial charge on any atom is 0.315 e. The lowest BCUT2D eigenvalue weighted by Gasteiger charge is -2.25. The van der Waals surface area contributed by atoms with Gasteiger partial charge in [-0.05, 0) is 51.6 Å². The fourth-order valence-corrected chi connectivity index (χ4v) is 3.03. The Labute approximate surface area is 169 Å². The number of carbonyl (C=O) groups is 1. The van der Waals surface area contributed by atoms with E-state index in [0.717, 1.165) is 30.9 Å². The maximum absolute atomic E-state index is 12.2. The highest BCUT2D eigenvalue weighted by atomic mass is 16.2. The molecule has 6 heteroatoms. The molecule has 28 heavy (non-hydrogen) atoms. The van der Waals surface area contributed by atoms with Gasteiger partial charge in [0.05, 0.1) is 0 Å². The van der Waals surface area contributed by atoms with E-state index in [1.807, 2.05) is 50.6 Å². The number of anilines is 1. The molecule has 0 fully saturated rings. The first kappa shape index (κ1) is 21.7. The molecular weight excluding hydrogens is 350 g/mol. The predicted molar refractivity (Wildman–Crippen MR) is 116 cm³/mol. The molecule has 0 aliphatic heterocycles. The van der Waals surface area contributed by atoms with Crippen LogP contribution in [0, 0.1) is 0 Å². The molecule has 2 amide bonds. The monoisotopic (exact) mass is 383 g/mol. The zero-order chi connectivity index (χ0) is 20.4. The molecule has 2 rings (SSSR count). The Bertz CT molecular complexity index is 699. The molecule has 1 atom stereocenters. The molecule has 0 saturated carbocycles. The number of aromatic nitrogens is 1. The molecule has 2 aromatic rings. The number of carbonyl (C=O) groups excluding carboxylic acids is 1. The summed E-state index contributed by atoms with van der Waals surface area (Å²) in [5, 5.41) is 5.89. The third kappa shape index (κ3) is 6.85. The van der Waals surface area contributed by atoms with E-state index >= 15 is 0 Å². The minimum absolute atomic E-state index is 0.160. The van der Waals surface area contributed by atoms with Gasteiger partial charge in [0, 0.05) is 38.4 Å². The highest BCUT2D eigenvalue weighted by Crippen LogP contribution is 2.10. The number of likely N-dealkylation sites (N-methyl/N-ethyl adjacent to an activating group) is 1. The number of amides is 2. The average Bonchev–Trinajstić information content (AvgIpc) is 2.72. The fourth-order valence-electron chi connectivity index (χ4n) is 3.03. The first-order valence-electron chi connectivity index (χ1n) is 9.95. The summed E-state index contributed by atoms with van der Waals surface area (Å²) in [5.74, 6) is 0.966. The minimum Gasteiger partial charge on any atom is -0.357 e. The molecule has 6 nitrogen and oxygen atoms in total. The van der Waals surface area contributed by atoms with Crippen molar-refractivity contribution in [2.75, 3.05) is 38.6 Å². The summed E-state index contributed by atoms with van der Waals surface area (Å²) in [6.07, 6.45) is 2.72. The summed E-state index contributed by atoms with van der Waals surface area (Å²) < 4.78 is 0. The molecule has 1 heterocycles. The van der Waals surface area contributed by atoms with Crippen LogP contribution in [0.5, 0.6) is 0 Å². The third-order valence-electron chi connectivity index (χ3n) is 4.89. The number of nitrogens with one attached hydrogen (secondary N) is 2. The highest BCUT2D eigenvalue weighted by molar-refractivity contribution is 5.73. The zero-order valence-corrected chi connectivity index (χ0v) is 17.5. The molecule has 2 N–H and O–H groups in total. The topological polar surface area (TPSA) is 60.5 Å². The second-order valence-electron chi connectivity index (χ2n) is 7.07. The van der Waals surface area contributed by atoms with E-state index in [9.17, 15) is 4.79 Å². The van der Waals surface area contributed by atoms with Crippen LogP contribution in [0.25, 0.3) is 0 Å². The van der Waals surface area contributed by atoms with Crippen LogP contribution in [-0.2, 0) is 13.0 Å². The Kier molecular flexibility index (Phi) is 8.75. The third-order valence-corrected chi connectivity index (χ3v) is 4.89. The van der Waals surface area contributed by atoms with Crippen molar-refractivity contribution in [2.45, 2.75) is 32.9 Å². The standard InChI is InChI=1S/C22H33N5O/c1-5-27(6-2)21-13-12-19(15-23-21)16-24-22(28)25-17-20(26(3)4)14-18-10-8-7-9-11-18/h7-13,15,20H,5-6,14,16-17H2,1-4H3,(H2,24,25,28). The summed E-state index contributed by atoms with van der Waals surface area (Å²) >= 11 is 0. The van der Waals surface area contributed by atoms with Gasteiger partial charge in [0.1, 0.15) is 5.82 Å². The van der Waals surface area contributed by atoms with E-state index in [4.69, 9.17) is 0 Å². The Morgan fingerprint density at radius 2 is 1.71 bits per heavy atom. The van der Waals surface area contributed by atoms with Crippen molar-refractivity contribution in [3.8, 4) is 0 Å². The van der Waals surface area contributed by atoms with E-state index in [1.54, 1.807) is 0 Å². The van der Waals surface area contributed by atoms with Crippen LogP contribution >= 0.6 is 0 Å². The van der Waals surface area contributed by atoms with Crippen LogP contribution in [0.3, 0.4) is 0 Å². The number of hydrogen-bond donors (Lipinski definition) is 2. The van der Waals surface area contributed by atoms with Gasteiger partial charge in [0.25, 0.3) is 0 Å². The number of urea groups is 1. The lowest BCUT2D eigenvalue weighted by molar-refractivity contribution is 0.231. The van der Waals surface area contributed by atoms with Gasteiger partial charge in [-0.15, -0.1) is 0 Å². The van der Waals surface area contributed by atoms with Gasteiger partial charge in [0.15, 0.2) is 0 Å². The van der Waals surface area contributed by atoms with Crippen LogP contribution < -0.4 is 15.5 Å². The van der Waals surface area contributed by atoms with Crippen molar-refractivity contribution in [1.82, 2.24) is 20.5 Å². The normalized spacial score (nSPS) is 11.9. The minimum atomic E-state index is -0.160. The first-order chi connectivity index (χ1) is 13.5. The van der Waals surface area contributed by atoms with E-state index in [0.29, 0.717) is 13.1 Å². The quantitative estimate of drug-likeness (QED) is 0.662. The second kappa shape index (κ2) is 11.3. The molecule has 152 valence electrons. The van der Waals surface area contributed by atoms with E-state index in [-0.39, 0.29) is 12.1 Å². The van der Waals surface area contributed by atoms with Gasteiger partial charge < -0.3 is 20.4 Å². The summed E-state index contributed by atoms with van der Waals surface area (Å²) in [4.78, 5) is 21.0. The van der Waals surface area contributed by atoms with E-state index < -0.39 is 0 Å². The molecule has 1 aromatic heterocycles. The van der Waals surface area contributed by atoms with Crippen LogP contribution in [0.15, 0.2) is 48.7 Å². The number of hydrogen-bond acceptors (Lipinski definition) is 4. The number of pyridine rings is 1. The Balaban J connectivity index is 1.79. The zero-order valence-electron chi connectivity index (χ0n) is 17.5. The van der Waals surface area contributed by atoms with E-state index in [1.165, 1.54) is 5.56 Å². The van der Waals surface area contributed by atoms with Crippen LogP contribution in [0.1, 0.15) is 25.0 Å². The highest BCUT2D eigenvalue weighted by Gasteiger charge is 2.13. The molecule has 0 radical (unpaired) electrons. The van der Waals surface area contributed by atoms with Crippen LogP contribution in [-0.4, -0.2) is 55.7 Å². The first-order valence-corrected chi connectivity index (χ1v) is 9.95. The van der Waals surface area contributed by atoms with Gasteiger partial charge in [-0.2, -0.15) is 0 Å². The molecule has 0 bridgehead atoms. The van der Waals surface area contributed by atoms with Crippen LogP contribution in [0.2, 0.25) is 0 Å². The molecular formula is C22H33N5O. The lowest BCUT2D eigenvalue weighted by atomic mass is 10.1. The van der Waals surface area contributed by atoms with Crippen molar-refractivity contribution in [1.29, 1.82) is 0 Å². The van der Waals surface area contributed by atoms with Crippen molar-refractivity contribution in [3.63, 3.8) is 0 Å². The van der Waals surface area contributed by atoms with Crippen molar-refractivity contribution in [2.24, 2.45) is 0 Å². The average molecular weight is 384 g/mol. The van der Waals surface area contributed by atoms with Crippen LogP contribution in [0.4, 0.5) is 10.6 Å². The second-order valence-corrected chi connectivity index (χ2v) is 7.07. The molecule has 0 spiro atoms. The van der Waals surface area contributed by atoms with Crippen molar-refractivity contribution >= 4 is 11.8 Å². The van der Waals surface area contributed by atoms with Crippen molar-refractivity contribution in [3.05, 3.63) is 59.8 Å². The van der Waals surface area contributed by atoms with E-state index in [2.05, 4.69) is 51.4 Å². The van der Waals surface area contributed by atoms with Gasteiger partial charge in [0.2, 0.25) is 0 Å². The maximum atomic E-state index is 12.2. The number of benzene rings is 1. The summed E-state index contributed by atoms with van der Waals surface area (Å²) in [5.41, 5.74) is 2.25. The largest absolute Gasteiger partial charge is 0.357 e. The summed E-state index contributed by atoms with van der Waals surface area (Å²) in [7, 11) is 4.08. The molecule has 1 unspecified atom stereocenters. The molecule has 0 aliphatic carbocycles. The van der Waals surface area contributed by atoms with Gasteiger partial charge in [-0.25, -0.2) is 9.78 Å². The molecule has 0 aliphatic rings. The van der Waals surface area contributed by atoms with Gasteiger partial charge >= 0.3 is 6.03 Å². The number of nitrogens with zero attached hydrogens (tertiary/aromatic N) is 3.